The van der Waals surface area contributed by atoms with Gasteiger partial charge in [-0.2, -0.15) is 0 Å². The zero-order valence-electron chi connectivity index (χ0n) is 13.8. The molecule has 2 aliphatic rings. The van der Waals surface area contributed by atoms with E-state index in [4.69, 9.17) is 8.85 Å². The fraction of sp³-hybridized carbons (Fsp3) is 1.00. The Kier molecular flexibility index (Phi) is 10.6. The summed E-state index contributed by atoms with van der Waals surface area (Å²) in [6.45, 7) is 9.15. The lowest BCUT2D eigenvalue weighted by Gasteiger charge is -2.42. The molecule has 1 heterocycles. The highest BCUT2D eigenvalue weighted by atomic mass is 28.3. The molecule has 1 saturated carbocycles. The van der Waals surface area contributed by atoms with Gasteiger partial charge in [0.05, 0.1) is 0 Å². The normalized spacial score (nSPS) is 29.2. The van der Waals surface area contributed by atoms with Gasteiger partial charge in [0.2, 0.25) is 0 Å². The second kappa shape index (κ2) is 11.7. The van der Waals surface area contributed by atoms with Crippen molar-refractivity contribution < 1.29 is 8.85 Å². The van der Waals surface area contributed by atoms with Crippen LogP contribution < -0.4 is 5.32 Å². The van der Waals surface area contributed by atoms with Gasteiger partial charge in [0.1, 0.15) is 0 Å². The van der Waals surface area contributed by atoms with Gasteiger partial charge in [-0.1, -0.05) is 32.6 Å². The Labute approximate surface area is 128 Å². The molecular weight excluding hydrogens is 266 g/mol. The fourth-order valence-corrected chi connectivity index (χ4v) is 4.03. The van der Waals surface area contributed by atoms with Crippen molar-refractivity contribution >= 4 is 10.0 Å². The van der Waals surface area contributed by atoms with Gasteiger partial charge < -0.3 is 14.2 Å². The van der Waals surface area contributed by atoms with Crippen LogP contribution in [0.3, 0.4) is 0 Å². The van der Waals surface area contributed by atoms with E-state index in [0.717, 1.165) is 31.1 Å². The minimum atomic E-state index is -0.589. The van der Waals surface area contributed by atoms with Crippen LogP contribution in [0.2, 0.25) is 0 Å². The summed E-state index contributed by atoms with van der Waals surface area (Å²) < 4.78 is 9.98. The lowest BCUT2D eigenvalue weighted by Crippen LogP contribution is -2.47. The molecule has 1 aliphatic carbocycles. The molecule has 4 heteroatoms. The third kappa shape index (κ3) is 6.70. The highest BCUT2D eigenvalue weighted by molar-refractivity contribution is 6.17. The Balaban J connectivity index is 0.000000246. The van der Waals surface area contributed by atoms with Gasteiger partial charge in [-0.15, -0.1) is 0 Å². The zero-order valence-corrected chi connectivity index (χ0v) is 15.2. The number of nitrogens with one attached hydrogen (secondary N) is 1. The molecule has 2 rings (SSSR count). The highest BCUT2D eigenvalue weighted by Gasteiger charge is 2.33. The largest absolute Gasteiger partial charge is 0.399 e. The Bertz CT molecular complexity index is 221. The third-order valence-electron chi connectivity index (χ3n) is 4.58. The standard InChI is InChI=1S/C12H23N.C4H12O2Si/c1-2-5-12-11-7-4-3-6-10(11)8-9-13-12;1-3-5-7-6-4-2/h10-13H,2-9H2,1H3;3-4,7H2,1-2H3. The quantitative estimate of drug-likeness (QED) is 0.604. The van der Waals surface area contributed by atoms with E-state index >= 15 is 0 Å². The fourth-order valence-electron chi connectivity index (χ4n) is 3.58. The lowest BCUT2D eigenvalue weighted by molar-refractivity contribution is 0.128. The molecule has 1 saturated heterocycles. The molecule has 0 aromatic heterocycles. The van der Waals surface area contributed by atoms with Crippen molar-refractivity contribution in [3.05, 3.63) is 0 Å². The summed E-state index contributed by atoms with van der Waals surface area (Å²) in [4.78, 5) is 0. The maximum atomic E-state index is 4.99. The van der Waals surface area contributed by atoms with E-state index < -0.39 is 10.0 Å². The number of hydrogen-bond acceptors (Lipinski definition) is 3. The van der Waals surface area contributed by atoms with Crippen LogP contribution in [-0.2, 0) is 8.85 Å². The van der Waals surface area contributed by atoms with Gasteiger partial charge in [0, 0.05) is 19.3 Å². The van der Waals surface area contributed by atoms with Crippen molar-refractivity contribution in [3.63, 3.8) is 0 Å². The molecule has 3 nitrogen and oxygen atoms in total. The van der Waals surface area contributed by atoms with Gasteiger partial charge >= 0.3 is 10.0 Å². The first-order valence-electron chi connectivity index (χ1n) is 8.72. The van der Waals surface area contributed by atoms with Crippen molar-refractivity contribution in [2.75, 3.05) is 19.8 Å². The van der Waals surface area contributed by atoms with Crippen LogP contribution in [0.1, 0.15) is 65.7 Å². The van der Waals surface area contributed by atoms with Gasteiger partial charge in [-0.25, -0.2) is 0 Å². The summed E-state index contributed by atoms with van der Waals surface area (Å²) in [6.07, 6.45) is 10.2. The van der Waals surface area contributed by atoms with Gasteiger partial charge in [-0.05, 0) is 51.5 Å². The Morgan fingerprint density at radius 2 is 1.70 bits per heavy atom. The summed E-state index contributed by atoms with van der Waals surface area (Å²) >= 11 is 0. The molecule has 3 atom stereocenters. The van der Waals surface area contributed by atoms with Crippen LogP contribution in [-0.4, -0.2) is 35.8 Å². The van der Waals surface area contributed by atoms with Gasteiger partial charge in [0.25, 0.3) is 0 Å². The average molecular weight is 302 g/mol. The Hall–Kier alpha value is 0.0969. The minimum Gasteiger partial charge on any atom is -0.399 e. The molecule has 1 N–H and O–H groups in total. The summed E-state index contributed by atoms with van der Waals surface area (Å²) in [6, 6.07) is 0.865. The maximum absolute atomic E-state index is 4.99. The van der Waals surface area contributed by atoms with Gasteiger partial charge in [0.15, 0.2) is 0 Å². The maximum Gasteiger partial charge on any atom is 0.304 e. The van der Waals surface area contributed by atoms with E-state index in [0.29, 0.717) is 0 Å². The molecule has 0 radical (unpaired) electrons. The molecular formula is C16H35NO2Si. The molecule has 0 amide bonds. The van der Waals surface area contributed by atoms with Crippen LogP contribution in [0.4, 0.5) is 0 Å². The zero-order chi connectivity index (χ0) is 14.6. The van der Waals surface area contributed by atoms with E-state index in [-0.39, 0.29) is 0 Å². The minimum absolute atomic E-state index is 0.589. The van der Waals surface area contributed by atoms with E-state index in [1.54, 1.807) is 0 Å². The van der Waals surface area contributed by atoms with Crippen LogP contribution in [0.25, 0.3) is 0 Å². The molecule has 0 aromatic carbocycles. The number of piperidine rings is 1. The summed E-state index contributed by atoms with van der Waals surface area (Å²) in [5, 5.41) is 3.72. The van der Waals surface area contributed by atoms with Crippen LogP contribution in [0.5, 0.6) is 0 Å². The first kappa shape index (κ1) is 18.1. The van der Waals surface area contributed by atoms with Crippen LogP contribution in [0.15, 0.2) is 0 Å². The third-order valence-corrected chi connectivity index (χ3v) is 5.73. The van der Waals surface area contributed by atoms with E-state index in [1.165, 1.54) is 51.5 Å². The van der Waals surface area contributed by atoms with E-state index in [2.05, 4.69) is 12.2 Å². The van der Waals surface area contributed by atoms with Crippen molar-refractivity contribution in [3.8, 4) is 0 Å². The molecule has 0 aromatic rings. The second-order valence-electron chi connectivity index (χ2n) is 5.95. The molecule has 120 valence electrons. The molecule has 2 fully saturated rings. The Morgan fingerprint density at radius 3 is 2.35 bits per heavy atom. The van der Waals surface area contributed by atoms with Crippen molar-refractivity contribution in [1.82, 2.24) is 5.32 Å². The SMILES string of the molecule is CCCC1NCCC2CCCCC21.CCO[SiH2]OCC. The van der Waals surface area contributed by atoms with E-state index in [1.807, 2.05) is 13.8 Å². The predicted molar refractivity (Wildman–Crippen MR) is 88.6 cm³/mol. The van der Waals surface area contributed by atoms with Crippen molar-refractivity contribution in [2.24, 2.45) is 11.8 Å². The first-order valence-corrected chi connectivity index (χ1v) is 9.87. The summed E-state index contributed by atoms with van der Waals surface area (Å²) in [5.74, 6) is 2.11. The number of rotatable bonds is 6. The number of fused-ring (bicyclic) bond motifs is 1. The molecule has 3 unspecified atom stereocenters. The van der Waals surface area contributed by atoms with Crippen LogP contribution >= 0.6 is 0 Å². The van der Waals surface area contributed by atoms with Crippen LogP contribution in [0, 0.1) is 11.8 Å². The first-order chi connectivity index (χ1) is 9.83. The molecule has 0 spiro atoms. The van der Waals surface area contributed by atoms with Gasteiger partial charge in [-0.3, -0.25) is 0 Å². The van der Waals surface area contributed by atoms with Crippen molar-refractivity contribution in [2.45, 2.75) is 71.8 Å². The topological polar surface area (TPSA) is 30.5 Å². The molecule has 1 aliphatic heterocycles. The Morgan fingerprint density at radius 1 is 1.00 bits per heavy atom. The predicted octanol–water partition coefficient (Wildman–Crippen LogP) is 3.01. The summed E-state index contributed by atoms with van der Waals surface area (Å²) in [5.41, 5.74) is 0. The monoisotopic (exact) mass is 301 g/mol. The van der Waals surface area contributed by atoms with E-state index in [9.17, 15) is 0 Å². The second-order valence-corrected chi connectivity index (χ2v) is 7.00. The average Bonchev–Trinajstić information content (AvgIpc) is 2.49. The summed E-state index contributed by atoms with van der Waals surface area (Å²) in [7, 11) is -0.589. The molecule has 20 heavy (non-hydrogen) atoms. The lowest BCUT2D eigenvalue weighted by atomic mass is 9.71. The molecule has 0 bridgehead atoms. The smallest absolute Gasteiger partial charge is 0.304 e. The number of hydrogen-bond donors (Lipinski definition) is 1. The van der Waals surface area contributed by atoms with Crippen molar-refractivity contribution in [1.29, 1.82) is 0 Å². The highest BCUT2D eigenvalue weighted by Crippen LogP contribution is 2.37.